The minimum atomic E-state index is 0. The third kappa shape index (κ3) is 8.85. The van der Waals surface area contributed by atoms with E-state index < -0.39 is 0 Å². The van der Waals surface area contributed by atoms with Crippen LogP contribution in [0.25, 0.3) is 0 Å². The second-order valence-electron chi connectivity index (χ2n) is 6.84. The van der Waals surface area contributed by atoms with Crippen molar-refractivity contribution in [2.75, 3.05) is 73.7 Å². The number of halogens is 1. The van der Waals surface area contributed by atoms with E-state index in [2.05, 4.69) is 39.5 Å². The standard InChI is InChI=1S/C17H35N5O2.HI/c1-18-17(20-12-15-13-21(2)8-9-22(15)3)19-7-5-10-23-14-16-6-4-11-24-16;/h15-16H,4-14H2,1-3H3,(H2,18,19,20);1H. The Morgan fingerprint density at radius 2 is 2.12 bits per heavy atom. The van der Waals surface area contributed by atoms with Crippen molar-refractivity contribution in [3.05, 3.63) is 0 Å². The van der Waals surface area contributed by atoms with E-state index in [1.165, 1.54) is 6.42 Å². The summed E-state index contributed by atoms with van der Waals surface area (Å²) in [5.74, 6) is 0.871. The molecule has 2 aliphatic rings. The number of nitrogens with zero attached hydrogens (tertiary/aromatic N) is 3. The van der Waals surface area contributed by atoms with Crippen LogP contribution in [0.15, 0.2) is 4.99 Å². The fraction of sp³-hybridized carbons (Fsp3) is 0.941. The summed E-state index contributed by atoms with van der Waals surface area (Å²) in [6.45, 7) is 7.53. The van der Waals surface area contributed by atoms with Crippen molar-refractivity contribution in [3.63, 3.8) is 0 Å². The van der Waals surface area contributed by atoms with Crippen molar-refractivity contribution < 1.29 is 9.47 Å². The molecule has 0 spiro atoms. The summed E-state index contributed by atoms with van der Waals surface area (Å²) in [5.41, 5.74) is 0. The minimum Gasteiger partial charge on any atom is -0.379 e. The van der Waals surface area contributed by atoms with E-state index >= 15 is 0 Å². The zero-order valence-electron chi connectivity index (χ0n) is 16.0. The summed E-state index contributed by atoms with van der Waals surface area (Å²) in [7, 11) is 6.20. The summed E-state index contributed by atoms with van der Waals surface area (Å²) >= 11 is 0. The zero-order valence-corrected chi connectivity index (χ0v) is 18.3. The van der Waals surface area contributed by atoms with Crippen LogP contribution in [0, 0.1) is 0 Å². The van der Waals surface area contributed by atoms with Crippen molar-refractivity contribution in [3.8, 4) is 0 Å². The molecule has 0 aromatic carbocycles. The number of rotatable bonds is 8. The molecule has 7 nitrogen and oxygen atoms in total. The first kappa shape index (κ1) is 22.9. The number of ether oxygens (including phenoxy) is 2. The lowest BCUT2D eigenvalue weighted by molar-refractivity contribution is 0.0168. The molecule has 2 rings (SSSR count). The highest BCUT2D eigenvalue weighted by Crippen LogP contribution is 2.11. The van der Waals surface area contributed by atoms with Gasteiger partial charge in [-0.3, -0.25) is 9.89 Å². The highest BCUT2D eigenvalue weighted by Gasteiger charge is 2.22. The first-order valence-corrected chi connectivity index (χ1v) is 9.21. The van der Waals surface area contributed by atoms with Crippen molar-refractivity contribution in [2.45, 2.75) is 31.4 Å². The van der Waals surface area contributed by atoms with Gasteiger partial charge in [0.1, 0.15) is 0 Å². The van der Waals surface area contributed by atoms with Crippen LogP contribution in [0.3, 0.4) is 0 Å². The van der Waals surface area contributed by atoms with Gasteiger partial charge in [0.15, 0.2) is 5.96 Å². The molecule has 2 atom stereocenters. The minimum absolute atomic E-state index is 0. The predicted molar refractivity (Wildman–Crippen MR) is 113 cm³/mol. The van der Waals surface area contributed by atoms with E-state index in [-0.39, 0.29) is 24.0 Å². The molecule has 2 saturated heterocycles. The quantitative estimate of drug-likeness (QED) is 0.235. The number of hydrogen-bond donors (Lipinski definition) is 2. The van der Waals surface area contributed by atoms with Crippen LogP contribution < -0.4 is 10.6 Å². The summed E-state index contributed by atoms with van der Waals surface area (Å²) in [6, 6.07) is 0.525. The van der Waals surface area contributed by atoms with Gasteiger partial charge < -0.3 is 25.0 Å². The number of aliphatic imine (C=N–C) groups is 1. The first-order chi connectivity index (χ1) is 11.7. The number of guanidine groups is 1. The van der Waals surface area contributed by atoms with Gasteiger partial charge in [0, 0.05) is 59.0 Å². The van der Waals surface area contributed by atoms with Gasteiger partial charge in [-0.25, -0.2) is 0 Å². The van der Waals surface area contributed by atoms with E-state index in [0.717, 1.165) is 71.3 Å². The topological polar surface area (TPSA) is 61.4 Å². The van der Waals surface area contributed by atoms with Crippen LogP contribution in [0.5, 0.6) is 0 Å². The molecule has 2 fully saturated rings. The van der Waals surface area contributed by atoms with Crippen molar-refractivity contribution in [1.29, 1.82) is 0 Å². The Kier molecular flexibility index (Phi) is 12.0. The fourth-order valence-corrected chi connectivity index (χ4v) is 3.13. The molecule has 0 saturated carbocycles. The SMILES string of the molecule is CN=C(NCCCOCC1CCCO1)NCC1CN(C)CCN1C.I. The molecule has 0 aromatic heterocycles. The molecule has 0 aliphatic carbocycles. The monoisotopic (exact) mass is 469 g/mol. The number of piperazine rings is 1. The maximum Gasteiger partial charge on any atom is 0.191 e. The van der Waals surface area contributed by atoms with Crippen molar-refractivity contribution in [2.24, 2.45) is 4.99 Å². The molecule has 2 N–H and O–H groups in total. The summed E-state index contributed by atoms with van der Waals surface area (Å²) in [5, 5.41) is 6.79. The third-order valence-electron chi connectivity index (χ3n) is 4.79. The Labute approximate surface area is 169 Å². The average Bonchev–Trinajstić information content (AvgIpc) is 3.09. The van der Waals surface area contributed by atoms with Crippen molar-refractivity contribution in [1.82, 2.24) is 20.4 Å². The lowest BCUT2D eigenvalue weighted by Gasteiger charge is -2.37. The molecule has 148 valence electrons. The second kappa shape index (κ2) is 13.1. The maximum absolute atomic E-state index is 5.68. The van der Waals surface area contributed by atoms with Crippen molar-refractivity contribution >= 4 is 29.9 Å². The molecule has 0 aromatic rings. The van der Waals surface area contributed by atoms with Gasteiger partial charge in [0.25, 0.3) is 0 Å². The van der Waals surface area contributed by atoms with E-state index in [0.29, 0.717) is 12.1 Å². The van der Waals surface area contributed by atoms with E-state index in [1.54, 1.807) is 0 Å². The Bertz CT molecular complexity index is 380. The Morgan fingerprint density at radius 3 is 2.84 bits per heavy atom. The zero-order chi connectivity index (χ0) is 17.2. The molecular weight excluding hydrogens is 433 g/mol. The number of likely N-dealkylation sites (N-methyl/N-ethyl adjacent to an activating group) is 2. The third-order valence-corrected chi connectivity index (χ3v) is 4.79. The maximum atomic E-state index is 5.68. The van der Waals surface area contributed by atoms with E-state index in [1.807, 2.05) is 7.05 Å². The van der Waals surface area contributed by atoms with Crippen LogP contribution in [-0.4, -0.2) is 102 Å². The highest BCUT2D eigenvalue weighted by atomic mass is 127. The van der Waals surface area contributed by atoms with Crippen LogP contribution in [0.1, 0.15) is 19.3 Å². The van der Waals surface area contributed by atoms with E-state index in [9.17, 15) is 0 Å². The van der Waals surface area contributed by atoms with Gasteiger partial charge in [-0.05, 0) is 33.4 Å². The molecule has 0 bridgehead atoms. The molecular formula is C17H36IN5O2. The lowest BCUT2D eigenvalue weighted by atomic mass is 10.2. The van der Waals surface area contributed by atoms with Crippen LogP contribution in [0.2, 0.25) is 0 Å². The van der Waals surface area contributed by atoms with Crippen LogP contribution >= 0.6 is 24.0 Å². The second-order valence-corrected chi connectivity index (χ2v) is 6.84. The van der Waals surface area contributed by atoms with Gasteiger partial charge in [0.2, 0.25) is 0 Å². The summed E-state index contributed by atoms with van der Waals surface area (Å²) in [4.78, 5) is 9.10. The molecule has 2 heterocycles. The van der Waals surface area contributed by atoms with Crippen LogP contribution in [0.4, 0.5) is 0 Å². The van der Waals surface area contributed by atoms with Gasteiger partial charge in [-0.1, -0.05) is 0 Å². The molecule has 2 unspecified atom stereocenters. The Morgan fingerprint density at radius 1 is 1.28 bits per heavy atom. The highest BCUT2D eigenvalue weighted by molar-refractivity contribution is 14.0. The summed E-state index contributed by atoms with van der Waals surface area (Å²) in [6.07, 6.45) is 3.60. The van der Waals surface area contributed by atoms with Gasteiger partial charge in [-0.2, -0.15) is 0 Å². The average molecular weight is 469 g/mol. The number of nitrogens with one attached hydrogen (secondary N) is 2. The molecule has 0 radical (unpaired) electrons. The molecule has 2 aliphatic heterocycles. The normalized spacial score (nSPS) is 25.6. The summed E-state index contributed by atoms with van der Waals surface area (Å²) < 4.78 is 11.2. The van der Waals surface area contributed by atoms with E-state index in [4.69, 9.17) is 9.47 Å². The lowest BCUT2D eigenvalue weighted by Crippen LogP contribution is -2.55. The van der Waals surface area contributed by atoms with Gasteiger partial charge >= 0.3 is 0 Å². The molecule has 8 heteroatoms. The molecule has 25 heavy (non-hydrogen) atoms. The van der Waals surface area contributed by atoms with Crippen LogP contribution in [-0.2, 0) is 9.47 Å². The first-order valence-electron chi connectivity index (χ1n) is 9.21. The smallest absolute Gasteiger partial charge is 0.191 e. The molecule has 0 amide bonds. The largest absolute Gasteiger partial charge is 0.379 e. The fourth-order valence-electron chi connectivity index (χ4n) is 3.13. The van der Waals surface area contributed by atoms with Gasteiger partial charge in [-0.15, -0.1) is 24.0 Å². The Hall–Kier alpha value is -0.160. The predicted octanol–water partition coefficient (Wildman–Crippen LogP) is 0.601. The number of hydrogen-bond acceptors (Lipinski definition) is 5. The Balaban J connectivity index is 0.00000312. The van der Waals surface area contributed by atoms with Gasteiger partial charge in [0.05, 0.1) is 12.7 Å².